The minimum Gasteiger partial charge on any atom is -0.355 e. The van der Waals surface area contributed by atoms with Crippen LogP contribution in [0.2, 0.25) is 0 Å². The standard InChI is InChI=1S/C26H38N6O4/c1-18-23(32(35)36)19(2)31(28-18)15-20-7-9-22(10-8-20)25(34)30-13-11-21(12-14-30)24(33)27-16-26(3,4)17-29(5)6/h7-10,21H,11-17H2,1-6H3,(H,27,33). The molecule has 1 aromatic heterocycles. The molecule has 2 heterocycles. The smallest absolute Gasteiger partial charge is 0.312 e. The van der Waals surface area contributed by atoms with Crippen LogP contribution in [0.15, 0.2) is 24.3 Å². The van der Waals surface area contributed by atoms with E-state index in [-0.39, 0.29) is 28.8 Å². The molecule has 0 radical (unpaired) electrons. The number of carbonyl (C=O) groups excluding carboxylic acids is 2. The maximum absolute atomic E-state index is 13.0. The number of hydrogen-bond acceptors (Lipinski definition) is 6. The highest BCUT2D eigenvalue weighted by Crippen LogP contribution is 2.24. The van der Waals surface area contributed by atoms with Gasteiger partial charge in [0.2, 0.25) is 5.91 Å². The van der Waals surface area contributed by atoms with Gasteiger partial charge in [0.05, 0.1) is 11.5 Å². The van der Waals surface area contributed by atoms with Crippen molar-refractivity contribution in [2.45, 2.75) is 47.1 Å². The first-order valence-corrected chi connectivity index (χ1v) is 12.4. The Hall–Kier alpha value is -3.27. The lowest BCUT2D eigenvalue weighted by atomic mass is 9.91. The Kier molecular flexibility index (Phi) is 8.50. The van der Waals surface area contributed by atoms with E-state index in [4.69, 9.17) is 0 Å². The molecule has 0 atom stereocenters. The molecule has 10 heteroatoms. The fraction of sp³-hybridized carbons (Fsp3) is 0.577. The second kappa shape index (κ2) is 11.2. The van der Waals surface area contributed by atoms with E-state index >= 15 is 0 Å². The number of amides is 2. The number of nitrogens with zero attached hydrogens (tertiary/aromatic N) is 5. The van der Waals surface area contributed by atoms with Crippen LogP contribution in [0.25, 0.3) is 0 Å². The first-order chi connectivity index (χ1) is 16.9. The number of hydrogen-bond donors (Lipinski definition) is 1. The molecule has 2 aromatic rings. The van der Waals surface area contributed by atoms with Crippen LogP contribution < -0.4 is 5.32 Å². The minimum atomic E-state index is -0.408. The molecule has 1 aliphatic rings. The quantitative estimate of drug-likeness (QED) is 0.420. The van der Waals surface area contributed by atoms with Gasteiger partial charge in [0.25, 0.3) is 5.91 Å². The molecule has 196 valence electrons. The second-order valence-corrected chi connectivity index (χ2v) is 10.8. The molecular weight excluding hydrogens is 460 g/mol. The third-order valence-electron chi connectivity index (χ3n) is 6.70. The molecule has 0 aliphatic carbocycles. The van der Waals surface area contributed by atoms with Gasteiger partial charge in [-0.2, -0.15) is 5.10 Å². The molecule has 1 aliphatic heterocycles. The summed E-state index contributed by atoms with van der Waals surface area (Å²) < 4.78 is 1.61. The number of nitro groups is 1. The van der Waals surface area contributed by atoms with Gasteiger partial charge >= 0.3 is 5.69 Å². The van der Waals surface area contributed by atoms with Crippen LogP contribution >= 0.6 is 0 Å². The van der Waals surface area contributed by atoms with E-state index in [2.05, 4.69) is 29.2 Å². The van der Waals surface area contributed by atoms with Crippen molar-refractivity contribution in [3.05, 3.63) is 56.9 Å². The molecule has 10 nitrogen and oxygen atoms in total. The van der Waals surface area contributed by atoms with E-state index in [1.165, 1.54) is 0 Å². The van der Waals surface area contributed by atoms with Crippen LogP contribution in [0.4, 0.5) is 5.69 Å². The van der Waals surface area contributed by atoms with Crippen molar-refractivity contribution < 1.29 is 14.5 Å². The van der Waals surface area contributed by atoms with Gasteiger partial charge in [-0.25, -0.2) is 0 Å². The molecular formula is C26H38N6O4. The summed E-state index contributed by atoms with van der Waals surface area (Å²) in [5, 5.41) is 18.6. The number of aromatic nitrogens is 2. The second-order valence-electron chi connectivity index (χ2n) is 10.8. The number of piperidine rings is 1. The summed E-state index contributed by atoms with van der Waals surface area (Å²) in [6.07, 6.45) is 1.31. The number of carbonyl (C=O) groups is 2. The van der Waals surface area contributed by atoms with Crippen molar-refractivity contribution in [1.82, 2.24) is 24.9 Å². The normalized spacial score (nSPS) is 14.8. The average molecular weight is 499 g/mol. The Morgan fingerprint density at radius 1 is 1.17 bits per heavy atom. The van der Waals surface area contributed by atoms with Crippen LogP contribution in [0, 0.1) is 35.3 Å². The molecule has 1 N–H and O–H groups in total. The molecule has 1 aromatic carbocycles. The molecule has 0 saturated carbocycles. The number of aryl methyl sites for hydroxylation is 1. The zero-order chi connectivity index (χ0) is 26.6. The van der Waals surface area contributed by atoms with E-state index in [0.29, 0.717) is 56.0 Å². The van der Waals surface area contributed by atoms with Crippen molar-refractivity contribution in [2.75, 3.05) is 40.3 Å². The van der Waals surface area contributed by atoms with Gasteiger partial charge in [0.1, 0.15) is 11.4 Å². The van der Waals surface area contributed by atoms with Crippen LogP contribution in [0.5, 0.6) is 0 Å². The Labute approximate surface area is 212 Å². The van der Waals surface area contributed by atoms with Gasteiger partial charge in [-0.3, -0.25) is 24.4 Å². The third kappa shape index (κ3) is 6.69. The largest absolute Gasteiger partial charge is 0.355 e. The van der Waals surface area contributed by atoms with Crippen LogP contribution in [0.3, 0.4) is 0 Å². The summed E-state index contributed by atoms with van der Waals surface area (Å²) in [6.45, 7) is 10.6. The number of rotatable bonds is 9. The monoisotopic (exact) mass is 498 g/mol. The maximum atomic E-state index is 13.0. The first-order valence-electron chi connectivity index (χ1n) is 12.4. The lowest BCUT2D eigenvalue weighted by molar-refractivity contribution is -0.386. The fourth-order valence-electron chi connectivity index (χ4n) is 4.94. The Balaban J connectivity index is 1.52. The van der Waals surface area contributed by atoms with Crippen LogP contribution in [-0.2, 0) is 11.3 Å². The number of benzene rings is 1. The van der Waals surface area contributed by atoms with Gasteiger partial charge in [-0.15, -0.1) is 0 Å². The maximum Gasteiger partial charge on any atom is 0.312 e. The average Bonchev–Trinajstić information content (AvgIpc) is 3.09. The molecule has 0 bridgehead atoms. The van der Waals surface area contributed by atoms with Crippen LogP contribution in [-0.4, -0.2) is 76.6 Å². The summed E-state index contributed by atoms with van der Waals surface area (Å²) >= 11 is 0. The zero-order valence-corrected chi connectivity index (χ0v) is 22.2. The Bertz CT molecular complexity index is 1100. The van der Waals surface area contributed by atoms with Gasteiger partial charge in [-0.1, -0.05) is 26.0 Å². The first kappa shape index (κ1) is 27.3. The third-order valence-corrected chi connectivity index (χ3v) is 6.70. The van der Waals surface area contributed by atoms with Crippen LogP contribution in [0.1, 0.15) is 54.0 Å². The highest BCUT2D eigenvalue weighted by atomic mass is 16.6. The molecule has 36 heavy (non-hydrogen) atoms. The minimum absolute atomic E-state index is 0.00829. The van der Waals surface area contributed by atoms with Gasteiger partial charge in [0, 0.05) is 37.7 Å². The molecule has 0 spiro atoms. The Morgan fingerprint density at radius 3 is 2.31 bits per heavy atom. The van der Waals surface area contributed by atoms with Gasteiger partial charge < -0.3 is 15.1 Å². The van der Waals surface area contributed by atoms with Crippen molar-refractivity contribution in [3.63, 3.8) is 0 Å². The number of likely N-dealkylation sites (tertiary alicyclic amines) is 1. The molecule has 0 unspecified atom stereocenters. The zero-order valence-electron chi connectivity index (χ0n) is 22.2. The highest BCUT2D eigenvalue weighted by molar-refractivity contribution is 5.94. The highest BCUT2D eigenvalue weighted by Gasteiger charge is 2.29. The SMILES string of the molecule is Cc1nn(Cc2ccc(C(=O)N3CCC(C(=O)NCC(C)(C)CN(C)C)CC3)cc2)c(C)c1[N+](=O)[O-]. The molecule has 2 amide bonds. The van der Waals surface area contributed by atoms with E-state index in [9.17, 15) is 19.7 Å². The predicted octanol–water partition coefficient (Wildman–Crippen LogP) is 3.01. The van der Waals surface area contributed by atoms with E-state index < -0.39 is 4.92 Å². The molecule has 3 rings (SSSR count). The fourth-order valence-corrected chi connectivity index (χ4v) is 4.94. The van der Waals surface area contributed by atoms with Gasteiger partial charge in [0.15, 0.2) is 0 Å². The van der Waals surface area contributed by atoms with Gasteiger partial charge in [-0.05, 0) is 63.9 Å². The summed E-state index contributed by atoms with van der Waals surface area (Å²) in [6, 6.07) is 7.27. The predicted molar refractivity (Wildman–Crippen MR) is 138 cm³/mol. The summed E-state index contributed by atoms with van der Waals surface area (Å²) in [7, 11) is 4.05. The lowest BCUT2D eigenvalue weighted by Crippen LogP contribution is -2.46. The summed E-state index contributed by atoms with van der Waals surface area (Å²) in [5.41, 5.74) is 2.41. The Morgan fingerprint density at radius 2 is 1.78 bits per heavy atom. The topological polar surface area (TPSA) is 114 Å². The molecule has 1 saturated heterocycles. The molecule has 1 fully saturated rings. The summed E-state index contributed by atoms with van der Waals surface area (Å²) in [4.78, 5) is 40.4. The van der Waals surface area contributed by atoms with E-state index in [1.807, 2.05) is 26.2 Å². The van der Waals surface area contributed by atoms with E-state index in [1.54, 1.807) is 35.6 Å². The van der Waals surface area contributed by atoms with Crippen molar-refractivity contribution in [1.29, 1.82) is 0 Å². The lowest BCUT2D eigenvalue weighted by Gasteiger charge is -2.33. The van der Waals surface area contributed by atoms with E-state index in [0.717, 1.165) is 12.1 Å². The van der Waals surface area contributed by atoms with Crippen molar-refractivity contribution in [2.24, 2.45) is 11.3 Å². The summed E-state index contributed by atoms with van der Waals surface area (Å²) in [5.74, 6) is -0.0478. The van der Waals surface area contributed by atoms with Crippen molar-refractivity contribution in [3.8, 4) is 0 Å². The van der Waals surface area contributed by atoms with Crippen molar-refractivity contribution >= 4 is 17.5 Å². The number of nitrogens with one attached hydrogen (secondary N) is 1.